The summed E-state index contributed by atoms with van der Waals surface area (Å²) < 4.78 is 6.28. The average Bonchev–Trinajstić information content (AvgIpc) is 2.71. The summed E-state index contributed by atoms with van der Waals surface area (Å²) in [6.45, 7) is 5.51. The summed E-state index contributed by atoms with van der Waals surface area (Å²) in [7, 11) is 0. The molecule has 1 fully saturated rings. The third kappa shape index (κ3) is 4.52. The van der Waals surface area contributed by atoms with E-state index in [-0.39, 0.29) is 0 Å². The molecule has 2 nitrogen and oxygen atoms in total. The van der Waals surface area contributed by atoms with Crippen LogP contribution >= 0.6 is 0 Å². The highest BCUT2D eigenvalue weighted by Crippen LogP contribution is 2.23. The van der Waals surface area contributed by atoms with Crippen molar-refractivity contribution in [2.75, 3.05) is 6.54 Å². The zero-order valence-electron chi connectivity index (χ0n) is 13.0. The van der Waals surface area contributed by atoms with Gasteiger partial charge >= 0.3 is 0 Å². The smallest absolute Gasteiger partial charge is 0.119 e. The molecule has 1 aliphatic rings. The highest BCUT2D eigenvalue weighted by atomic mass is 16.5. The molecule has 1 N–H and O–H groups in total. The van der Waals surface area contributed by atoms with Crippen molar-refractivity contribution in [3.05, 3.63) is 29.8 Å². The highest BCUT2D eigenvalue weighted by Gasteiger charge is 2.24. The van der Waals surface area contributed by atoms with E-state index in [0.717, 1.165) is 18.7 Å². The summed E-state index contributed by atoms with van der Waals surface area (Å²) in [5.74, 6) is 1.03. The number of aryl methyl sites for hydroxylation is 1. The zero-order chi connectivity index (χ0) is 14.2. The van der Waals surface area contributed by atoms with Crippen molar-refractivity contribution in [2.45, 2.75) is 70.9 Å². The van der Waals surface area contributed by atoms with Gasteiger partial charge < -0.3 is 10.1 Å². The van der Waals surface area contributed by atoms with Crippen LogP contribution in [0.5, 0.6) is 5.75 Å². The van der Waals surface area contributed by atoms with Crippen LogP contribution in [0.4, 0.5) is 0 Å². The fourth-order valence-corrected chi connectivity index (χ4v) is 2.96. The fraction of sp³-hybridized carbons (Fsp3) is 0.667. The second-order valence-electron chi connectivity index (χ2n) is 5.85. The first-order valence-electron chi connectivity index (χ1n) is 8.32. The summed E-state index contributed by atoms with van der Waals surface area (Å²) in [5.41, 5.74) is 1.37. The van der Waals surface area contributed by atoms with Crippen LogP contribution in [0.15, 0.2) is 24.3 Å². The largest absolute Gasteiger partial charge is 0.489 e. The van der Waals surface area contributed by atoms with E-state index >= 15 is 0 Å². The average molecular weight is 275 g/mol. The molecule has 0 saturated heterocycles. The van der Waals surface area contributed by atoms with E-state index in [4.69, 9.17) is 4.74 Å². The van der Waals surface area contributed by atoms with Crippen molar-refractivity contribution in [1.29, 1.82) is 0 Å². The van der Waals surface area contributed by atoms with Crippen LogP contribution in [-0.2, 0) is 6.42 Å². The third-order valence-corrected chi connectivity index (χ3v) is 4.23. The van der Waals surface area contributed by atoms with Gasteiger partial charge in [0.2, 0.25) is 0 Å². The van der Waals surface area contributed by atoms with Gasteiger partial charge in [0.15, 0.2) is 0 Å². The molecular weight excluding hydrogens is 246 g/mol. The van der Waals surface area contributed by atoms with E-state index in [1.54, 1.807) is 0 Å². The van der Waals surface area contributed by atoms with Gasteiger partial charge in [-0.15, -0.1) is 0 Å². The topological polar surface area (TPSA) is 21.3 Å². The summed E-state index contributed by atoms with van der Waals surface area (Å²) >= 11 is 0. The molecule has 0 aliphatic heterocycles. The summed E-state index contributed by atoms with van der Waals surface area (Å²) in [4.78, 5) is 0. The second-order valence-corrected chi connectivity index (χ2v) is 5.85. The molecule has 1 aromatic carbocycles. The van der Waals surface area contributed by atoms with Gasteiger partial charge in [0, 0.05) is 6.04 Å². The SMILES string of the molecule is CCCNC1CCCCCC1Oc1ccc(CC)cc1. The number of benzene rings is 1. The summed E-state index contributed by atoms with van der Waals surface area (Å²) in [6, 6.07) is 9.13. The standard InChI is InChI=1S/C18H29NO/c1-3-14-19-17-8-6-5-7-9-18(17)20-16-12-10-15(4-2)11-13-16/h10-13,17-19H,3-9,14H2,1-2H3. The monoisotopic (exact) mass is 275 g/mol. The maximum Gasteiger partial charge on any atom is 0.119 e. The lowest BCUT2D eigenvalue weighted by molar-refractivity contribution is 0.144. The van der Waals surface area contributed by atoms with E-state index in [1.165, 1.54) is 44.1 Å². The highest BCUT2D eigenvalue weighted by molar-refractivity contribution is 5.27. The maximum absolute atomic E-state index is 6.28. The lowest BCUT2D eigenvalue weighted by Crippen LogP contribution is -2.42. The van der Waals surface area contributed by atoms with Crippen molar-refractivity contribution in [3.8, 4) is 5.75 Å². The quantitative estimate of drug-likeness (QED) is 0.780. The molecule has 1 aliphatic carbocycles. The van der Waals surface area contributed by atoms with Gasteiger partial charge in [0.25, 0.3) is 0 Å². The Hall–Kier alpha value is -1.02. The number of hydrogen-bond acceptors (Lipinski definition) is 2. The molecule has 0 bridgehead atoms. The molecule has 0 heterocycles. The fourth-order valence-electron chi connectivity index (χ4n) is 2.96. The van der Waals surface area contributed by atoms with Crippen molar-refractivity contribution >= 4 is 0 Å². The van der Waals surface area contributed by atoms with Crippen molar-refractivity contribution in [2.24, 2.45) is 0 Å². The zero-order valence-corrected chi connectivity index (χ0v) is 13.0. The van der Waals surface area contributed by atoms with Crippen molar-refractivity contribution in [3.63, 3.8) is 0 Å². The van der Waals surface area contributed by atoms with Crippen LogP contribution in [0.1, 0.15) is 57.9 Å². The first-order valence-corrected chi connectivity index (χ1v) is 8.32. The van der Waals surface area contributed by atoms with Crippen molar-refractivity contribution in [1.82, 2.24) is 5.32 Å². The Morgan fingerprint density at radius 3 is 2.50 bits per heavy atom. The van der Waals surface area contributed by atoms with Crippen molar-refractivity contribution < 1.29 is 4.74 Å². The Kier molecular flexibility index (Phi) is 6.38. The minimum absolute atomic E-state index is 0.330. The molecule has 2 rings (SSSR count). The molecule has 112 valence electrons. The molecule has 1 saturated carbocycles. The first-order chi connectivity index (χ1) is 9.83. The number of hydrogen-bond donors (Lipinski definition) is 1. The van der Waals surface area contributed by atoms with Gasteiger partial charge in [-0.2, -0.15) is 0 Å². The van der Waals surface area contributed by atoms with Crippen LogP contribution in [0, 0.1) is 0 Å². The lowest BCUT2D eigenvalue weighted by atomic mass is 10.1. The predicted molar refractivity (Wildman–Crippen MR) is 85.4 cm³/mol. The first kappa shape index (κ1) is 15.4. The van der Waals surface area contributed by atoms with Crippen LogP contribution < -0.4 is 10.1 Å². The second kappa shape index (κ2) is 8.31. The Morgan fingerprint density at radius 2 is 1.80 bits per heavy atom. The molecule has 2 atom stereocenters. The van der Waals surface area contributed by atoms with Crippen LogP contribution in [0.3, 0.4) is 0 Å². The molecule has 1 aromatic rings. The Bertz CT molecular complexity index is 374. The van der Waals surface area contributed by atoms with E-state index in [1.807, 2.05) is 0 Å². The number of rotatable bonds is 6. The Balaban J connectivity index is 1.98. The third-order valence-electron chi connectivity index (χ3n) is 4.23. The molecule has 2 unspecified atom stereocenters. The lowest BCUT2D eigenvalue weighted by Gasteiger charge is -2.27. The molecule has 2 heteroatoms. The Morgan fingerprint density at radius 1 is 1.05 bits per heavy atom. The predicted octanol–water partition coefficient (Wildman–Crippen LogP) is 4.33. The normalized spacial score (nSPS) is 23.3. The van der Waals surface area contributed by atoms with E-state index in [9.17, 15) is 0 Å². The van der Waals surface area contributed by atoms with Crippen LogP contribution in [0.25, 0.3) is 0 Å². The minimum atomic E-state index is 0.330. The van der Waals surface area contributed by atoms with Gasteiger partial charge in [-0.25, -0.2) is 0 Å². The maximum atomic E-state index is 6.28. The molecular formula is C18H29NO. The molecule has 0 radical (unpaired) electrons. The molecule has 0 amide bonds. The van der Waals surface area contributed by atoms with E-state index < -0.39 is 0 Å². The van der Waals surface area contributed by atoms with E-state index in [2.05, 4.69) is 43.4 Å². The summed E-state index contributed by atoms with van der Waals surface area (Å²) in [5, 5.41) is 3.68. The Labute approximate surface area is 123 Å². The number of ether oxygens (including phenoxy) is 1. The van der Waals surface area contributed by atoms with Gasteiger partial charge in [-0.3, -0.25) is 0 Å². The molecule has 0 aromatic heterocycles. The van der Waals surface area contributed by atoms with Gasteiger partial charge in [0.05, 0.1) is 0 Å². The number of nitrogens with one attached hydrogen (secondary N) is 1. The summed E-state index contributed by atoms with van der Waals surface area (Å²) in [6.07, 6.45) is 9.00. The van der Waals surface area contributed by atoms with Crippen LogP contribution in [0.2, 0.25) is 0 Å². The van der Waals surface area contributed by atoms with Gasteiger partial charge in [-0.05, 0) is 56.3 Å². The van der Waals surface area contributed by atoms with Gasteiger partial charge in [0.1, 0.15) is 11.9 Å². The van der Waals surface area contributed by atoms with Crippen LogP contribution in [-0.4, -0.2) is 18.7 Å². The molecule has 0 spiro atoms. The molecule has 20 heavy (non-hydrogen) atoms. The van der Waals surface area contributed by atoms with E-state index in [0.29, 0.717) is 12.1 Å². The van der Waals surface area contributed by atoms with Gasteiger partial charge in [-0.1, -0.05) is 38.8 Å². The minimum Gasteiger partial charge on any atom is -0.489 e.